The average molecular weight is 330 g/mol. The van der Waals surface area contributed by atoms with Crippen LogP contribution >= 0.6 is 0 Å². The van der Waals surface area contributed by atoms with Gasteiger partial charge in [0.25, 0.3) is 0 Å². The van der Waals surface area contributed by atoms with Crippen molar-refractivity contribution in [1.82, 2.24) is 9.97 Å². The molecule has 0 amide bonds. The van der Waals surface area contributed by atoms with E-state index >= 15 is 0 Å². The molecule has 1 heterocycles. The molecule has 4 nitrogen and oxygen atoms in total. The van der Waals surface area contributed by atoms with Crippen molar-refractivity contribution in [2.75, 3.05) is 10.6 Å². The molecule has 0 bridgehead atoms. The van der Waals surface area contributed by atoms with Gasteiger partial charge in [-0.15, -0.1) is 0 Å². The Morgan fingerprint density at radius 1 is 0.920 bits per heavy atom. The van der Waals surface area contributed by atoms with Crippen LogP contribution in [-0.4, -0.2) is 16.0 Å². The highest BCUT2D eigenvalue weighted by Crippen LogP contribution is 2.26. The van der Waals surface area contributed by atoms with Gasteiger partial charge in [0.2, 0.25) is 0 Å². The summed E-state index contributed by atoms with van der Waals surface area (Å²) in [4.78, 5) is 9.39. The first kappa shape index (κ1) is 15.6. The van der Waals surface area contributed by atoms with E-state index in [1.54, 1.807) is 0 Å². The summed E-state index contributed by atoms with van der Waals surface area (Å²) in [5.41, 5.74) is 3.54. The molecule has 126 valence electrons. The van der Waals surface area contributed by atoms with Crippen molar-refractivity contribution in [3.63, 3.8) is 0 Å². The van der Waals surface area contributed by atoms with Gasteiger partial charge >= 0.3 is 0 Å². The second kappa shape index (κ2) is 6.93. The summed E-state index contributed by atoms with van der Waals surface area (Å²) in [6.07, 6.45) is 2.44. The molecule has 0 saturated heterocycles. The molecule has 4 heteroatoms. The van der Waals surface area contributed by atoms with E-state index in [9.17, 15) is 0 Å². The summed E-state index contributed by atoms with van der Waals surface area (Å²) >= 11 is 0. The first-order valence-electron chi connectivity index (χ1n) is 8.77. The number of hydrogen-bond acceptors (Lipinski definition) is 4. The molecular formula is C21H22N4. The maximum atomic E-state index is 4.70. The summed E-state index contributed by atoms with van der Waals surface area (Å²) in [6, 6.07) is 21.2. The van der Waals surface area contributed by atoms with Crippen molar-refractivity contribution >= 4 is 11.6 Å². The van der Waals surface area contributed by atoms with E-state index in [0.717, 1.165) is 29.6 Å². The highest BCUT2D eigenvalue weighted by molar-refractivity contribution is 5.61. The third-order valence-electron chi connectivity index (χ3n) is 4.28. The Morgan fingerprint density at radius 2 is 1.64 bits per heavy atom. The Kier molecular flexibility index (Phi) is 4.34. The first-order valence-corrected chi connectivity index (χ1v) is 8.77. The Labute approximate surface area is 148 Å². The van der Waals surface area contributed by atoms with Crippen molar-refractivity contribution in [3.8, 4) is 11.4 Å². The largest absolute Gasteiger partial charge is 0.367 e. The Hall–Kier alpha value is -2.88. The van der Waals surface area contributed by atoms with Crippen LogP contribution in [0.3, 0.4) is 0 Å². The van der Waals surface area contributed by atoms with Gasteiger partial charge in [0.1, 0.15) is 11.6 Å². The average Bonchev–Trinajstić information content (AvgIpc) is 3.46. The lowest BCUT2D eigenvalue weighted by Crippen LogP contribution is -2.08. The summed E-state index contributed by atoms with van der Waals surface area (Å²) in [7, 11) is 0. The lowest BCUT2D eigenvalue weighted by molar-refractivity contribution is 1.06. The number of nitrogens with zero attached hydrogens (tertiary/aromatic N) is 2. The predicted octanol–water partition coefficient (Wildman–Crippen LogP) is 4.64. The summed E-state index contributed by atoms with van der Waals surface area (Å²) < 4.78 is 0. The molecule has 0 aliphatic heterocycles. The number of rotatable bonds is 6. The molecule has 3 aromatic rings. The van der Waals surface area contributed by atoms with Crippen LogP contribution < -0.4 is 10.6 Å². The Morgan fingerprint density at radius 3 is 2.36 bits per heavy atom. The monoisotopic (exact) mass is 330 g/mol. The normalized spacial score (nSPS) is 13.5. The zero-order chi connectivity index (χ0) is 17.1. The molecular weight excluding hydrogens is 308 g/mol. The van der Waals surface area contributed by atoms with E-state index < -0.39 is 0 Å². The van der Waals surface area contributed by atoms with Gasteiger partial charge < -0.3 is 10.6 Å². The van der Waals surface area contributed by atoms with Gasteiger partial charge in [0.15, 0.2) is 5.82 Å². The van der Waals surface area contributed by atoms with Crippen molar-refractivity contribution in [2.24, 2.45) is 0 Å². The Bertz CT molecular complexity index is 840. The number of benzene rings is 2. The zero-order valence-corrected chi connectivity index (χ0v) is 14.4. The minimum absolute atomic E-state index is 0.559. The fourth-order valence-corrected chi connectivity index (χ4v) is 2.66. The maximum absolute atomic E-state index is 4.70. The van der Waals surface area contributed by atoms with Crippen molar-refractivity contribution in [1.29, 1.82) is 0 Å². The minimum Gasteiger partial charge on any atom is -0.367 e. The third kappa shape index (κ3) is 4.15. The minimum atomic E-state index is 0.559. The fraction of sp³-hybridized carbons (Fsp3) is 0.238. The molecule has 25 heavy (non-hydrogen) atoms. The lowest BCUT2D eigenvalue weighted by Gasteiger charge is -2.11. The smallest absolute Gasteiger partial charge is 0.163 e. The number of aromatic nitrogens is 2. The van der Waals surface area contributed by atoms with Crippen LogP contribution in [0.4, 0.5) is 11.6 Å². The second-order valence-electron chi connectivity index (χ2n) is 6.59. The maximum Gasteiger partial charge on any atom is 0.163 e. The van der Waals surface area contributed by atoms with Gasteiger partial charge in [-0.25, -0.2) is 9.97 Å². The van der Waals surface area contributed by atoms with Gasteiger partial charge in [-0.05, 0) is 25.3 Å². The SMILES string of the molecule is Cc1ccc(CNc2cc(NC3CC3)nc(-c3ccccc3)n2)cc1. The second-order valence-corrected chi connectivity index (χ2v) is 6.59. The van der Waals surface area contributed by atoms with Gasteiger partial charge in [-0.2, -0.15) is 0 Å². The fourth-order valence-electron chi connectivity index (χ4n) is 2.66. The molecule has 1 saturated carbocycles. The molecule has 1 aliphatic carbocycles. The molecule has 0 spiro atoms. The van der Waals surface area contributed by atoms with Crippen LogP contribution in [0.1, 0.15) is 24.0 Å². The van der Waals surface area contributed by atoms with E-state index in [1.807, 2.05) is 36.4 Å². The zero-order valence-electron chi connectivity index (χ0n) is 14.4. The Balaban J connectivity index is 1.57. The van der Waals surface area contributed by atoms with E-state index in [1.165, 1.54) is 24.0 Å². The van der Waals surface area contributed by atoms with Gasteiger partial charge in [-0.1, -0.05) is 60.2 Å². The summed E-state index contributed by atoms with van der Waals surface area (Å²) in [6.45, 7) is 2.85. The summed E-state index contributed by atoms with van der Waals surface area (Å²) in [5.74, 6) is 2.48. The van der Waals surface area contributed by atoms with Crippen LogP contribution in [0.15, 0.2) is 60.7 Å². The molecule has 1 fully saturated rings. The molecule has 4 rings (SSSR count). The van der Waals surface area contributed by atoms with Gasteiger partial charge in [0, 0.05) is 24.2 Å². The standard InChI is InChI=1S/C21H22N4/c1-15-7-9-16(10-8-15)14-22-19-13-20(23-18-11-12-18)25-21(24-19)17-5-3-2-4-6-17/h2-10,13,18H,11-12,14H2,1H3,(H2,22,23,24,25). The van der Waals surface area contributed by atoms with Crippen LogP contribution in [-0.2, 0) is 6.54 Å². The molecule has 1 aromatic heterocycles. The molecule has 1 aliphatic rings. The van der Waals surface area contributed by atoms with E-state index in [4.69, 9.17) is 4.98 Å². The van der Waals surface area contributed by atoms with Crippen molar-refractivity contribution in [3.05, 3.63) is 71.8 Å². The number of aryl methyl sites for hydroxylation is 1. The van der Waals surface area contributed by atoms with E-state index in [-0.39, 0.29) is 0 Å². The van der Waals surface area contributed by atoms with Crippen LogP contribution in [0.2, 0.25) is 0 Å². The van der Waals surface area contributed by atoms with Crippen molar-refractivity contribution < 1.29 is 0 Å². The van der Waals surface area contributed by atoms with E-state index in [2.05, 4.69) is 46.8 Å². The number of hydrogen-bond donors (Lipinski definition) is 2. The highest BCUT2D eigenvalue weighted by atomic mass is 15.1. The van der Waals surface area contributed by atoms with Crippen LogP contribution in [0.5, 0.6) is 0 Å². The number of nitrogens with one attached hydrogen (secondary N) is 2. The third-order valence-corrected chi connectivity index (χ3v) is 4.28. The van der Waals surface area contributed by atoms with Crippen LogP contribution in [0.25, 0.3) is 11.4 Å². The topological polar surface area (TPSA) is 49.8 Å². The molecule has 2 N–H and O–H groups in total. The van der Waals surface area contributed by atoms with Gasteiger partial charge in [0.05, 0.1) is 0 Å². The first-order chi connectivity index (χ1) is 12.3. The van der Waals surface area contributed by atoms with Crippen LogP contribution in [0, 0.1) is 6.92 Å². The molecule has 0 atom stereocenters. The molecule has 0 radical (unpaired) electrons. The van der Waals surface area contributed by atoms with E-state index in [0.29, 0.717) is 6.04 Å². The predicted molar refractivity (Wildman–Crippen MR) is 103 cm³/mol. The molecule has 0 unspecified atom stereocenters. The molecule has 2 aromatic carbocycles. The quantitative estimate of drug-likeness (QED) is 0.691. The lowest BCUT2D eigenvalue weighted by atomic mass is 10.1. The van der Waals surface area contributed by atoms with Gasteiger partial charge in [-0.3, -0.25) is 0 Å². The highest BCUT2D eigenvalue weighted by Gasteiger charge is 2.22. The number of anilines is 2. The van der Waals surface area contributed by atoms with Crippen molar-refractivity contribution in [2.45, 2.75) is 32.4 Å². The summed E-state index contributed by atoms with van der Waals surface area (Å²) in [5, 5.41) is 6.91.